The second-order valence-corrected chi connectivity index (χ2v) is 6.03. The van der Waals surface area contributed by atoms with Gasteiger partial charge in [0, 0.05) is 19.1 Å². The largest absolute Gasteiger partial charge is 0.469 e. The van der Waals surface area contributed by atoms with Gasteiger partial charge in [-0.25, -0.2) is 0 Å². The molecule has 0 aromatic rings. The highest BCUT2D eigenvalue weighted by Crippen LogP contribution is 2.28. The van der Waals surface area contributed by atoms with E-state index < -0.39 is 5.41 Å². The molecule has 0 aromatic heterocycles. The summed E-state index contributed by atoms with van der Waals surface area (Å²) in [4.78, 5) is 14.1. The molecule has 0 aliphatic carbocycles. The molecule has 4 nitrogen and oxygen atoms in total. The van der Waals surface area contributed by atoms with E-state index in [4.69, 9.17) is 10.5 Å². The lowest BCUT2D eigenvalue weighted by molar-refractivity contribution is -0.152. The monoisotopic (exact) mass is 256 g/mol. The number of likely N-dealkylation sites (tertiary alicyclic amines) is 1. The molecule has 0 aromatic carbocycles. The Kier molecular flexibility index (Phi) is 5.60. The lowest BCUT2D eigenvalue weighted by Crippen LogP contribution is -2.51. The summed E-state index contributed by atoms with van der Waals surface area (Å²) in [6.45, 7) is 8.58. The Balaban J connectivity index is 2.63. The summed E-state index contributed by atoms with van der Waals surface area (Å²) >= 11 is 0. The molecule has 106 valence electrons. The fraction of sp³-hybridized carbons (Fsp3) is 0.929. The van der Waals surface area contributed by atoms with Crippen molar-refractivity contribution in [1.82, 2.24) is 4.90 Å². The van der Waals surface area contributed by atoms with Gasteiger partial charge in [-0.05, 0) is 39.2 Å². The summed E-state index contributed by atoms with van der Waals surface area (Å²) in [5.41, 5.74) is 5.42. The van der Waals surface area contributed by atoms with Crippen LogP contribution in [-0.4, -0.2) is 43.7 Å². The van der Waals surface area contributed by atoms with Crippen LogP contribution in [0.5, 0.6) is 0 Å². The van der Waals surface area contributed by atoms with Crippen LogP contribution < -0.4 is 5.73 Å². The number of nitrogens with two attached hydrogens (primary N) is 1. The average Bonchev–Trinajstić information content (AvgIpc) is 2.37. The Morgan fingerprint density at radius 1 is 1.50 bits per heavy atom. The number of carbonyl (C=O) groups is 1. The SMILES string of the molecule is CCC1CCN(CC(C)(C)C(=O)OC)C(CN)C1. The minimum Gasteiger partial charge on any atom is -0.469 e. The number of hydrogen-bond donors (Lipinski definition) is 1. The van der Waals surface area contributed by atoms with Gasteiger partial charge in [-0.3, -0.25) is 9.69 Å². The van der Waals surface area contributed by atoms with E-state index in [1.165, 1.54) is 20.0 Å². The molecule has 1 rings (SSSR count). The summed E-state index contributed by atoms with van der Waals surface area (Å²) < 4.78 is 4.87. The summed E-state index contributed by atoms with van der Waals surface area (Å²) in [7, 11) is 1.45. The maximum absolute atomic E-state index is 11.7. The van der Waals surface area contributed by atoms with Crippen LogP contribution in [0, 0.1) is 11.3 Å². The molecule has 0 radical (unpaired) electrons. The summed E-state index contributed by atoms with van der Waals surface area (Å²) in [5.74, 6) is 0.645. The van der Waals surface area contributed by atoms with Crippen molar-refractivity contribution >= 4 is 5.97 Å². The van der Waals surface area contributed by atoms with Gasteiger partial charge < -0.3 is 10.5 Å². The molecule has 4 heteroatoms. The minimum atomic E-state index is -0.457. The first-order chi connectivity index (χ1) is 8.44. The molecule has 1 saturated heterocycles. The Morgan fingerprint density at radius 2 is 2.17 bits per heavy atom. The third kappa shape index (κ3) is 3.69. The van der Waals surface area contributed by atoms with E-state index in [1.54, 1.807) is 0 Å². The van der Waals surface area contributed by atoms with Gasteiger partial charge in [-0.2, -0.15) is 0 Å². The molecule has 1 aliphatic heterocycles. The Bertz CT molecular complexity index is 279. The lowest BCUT2D eigenvalue weighted by Gasteiger charge is -2.41. The number of piperidine rings is 1. The summed E-state index contributed by atoms with van der Waals surface area (Å²) in [5, 5.41) is 0. The molecule has 2 N–H and O–H groups in total. The lowest BCUT2D eigenvalue weighted by atomic mass is 9.85. The maximum atomic E-state index is 11.7. The van der Waals surface area contributed by atoms with E-state index in [0.29, 0.717) is 12.6 Å². The van der Waals surface area contributed by atoms with Gasteiger partial charge in [0.05, 0.1) is 12.5 Å². The molecular formula is C14H28N2O2. The molecule has 1 fully saturated rings. The molecule has 0 bridgehead atoms. The predicted molar refractivity (Wildman–Crippen MR) is 73.2 cm³/mol. The van der Waals surface area contributed by atoms with Crippen LogP contribution in [0.1, 0.15) is 40.0 Å². The highest BCUT2D eigenvalue weighted by atomic mass is 16.5. The molecule has 0 amide bonds. The zero-order valence-electron chi connectivity index (χ0n) is 12.2. The number of rotatable bonds is 5. The van der Waals surface area contributed by atoms with Crippen molar-refractivity contribution in [3.05, 3.63) is 0 Å². The number of esters is 1. The number of methoxy groups -OCH3 is 1. The fourth-order valence-electron chi connectivity index (χ4n) is 2.86. The maximum Gasteiger partial charge on any atom is 0.312 e. The van der Waals surface area contributed by atoms with E-state index in [1.807, 2.05) is 13.8 Å². The van der Waals surface area contributed by atoms with E-state index in [9.17, 15) is 4.79 Å². The zero-order chi connectivity index (χ0) is 13.8. The van der Waals surface area contributed by atoms with Crippen molar-refractivity contribution in [3.8, 4) is 0 Å². The highest BCUT2D eigenvalue weighted by Gasteiger charge is 2.35. The third-order valence-electron chi connectivity index (χ3n) is 4.13. The van der Waals surface area contributed by atoms with Gasteiger partial charge >= 0.3 is 5.97 Å². The summed E-state index contributed by atoms with van der Waals surface area (Å²) in [6.07, 6.45) is 3.60. The number of ether oxygens (including phenoxy) is 1. The van der Waals surface area contributed by atoms with Crippen LogP contribution in [0.15, 0.2) is 0 Å². The van der Waals surface area contributed by atoms with Crippen LogP contribution >= 0.6 is 0 Å². The number of nitrogens with zero attached hydrogens (tertiary/aromatic N) is 1. The van der Waals surface area contributed by atoms with Crippen molar-refractivity contribution in [2.24, 2.45) is 17.1 Å². The van der Waals surface area contributed by atoms with E-state index >= 15 is 0 Å². The molecule has 0 spiro atoms. The summed E-state index contributed by atoms with van der Waals surface area (Å²) in [6, 6.07) is 0.410. The Hall–Kier alpha value is -0.610. The van der Waals surface area contributed by atoms with Crippen molar-refractivity contribution in [1.29, 1.82) is 0 Å². The van der Waals surface area contributed by atoms with Crippen molar-refractivity contribution in [2.75, 3.05) is 26.7 Å². The average molecular weight is 256 g/mol. The highest BCUT2D eigenvalue weighted by molar-refractivity contribution is 5.76. The first kappa shape index (κ1) is 15.4. The fourth-order valence-corrected chi connectivity index (χ4v) is 2.86. The van der Waals surface area contributed by atoms with Gasteiger partial charge in [0.1, 0.15) is 0 Å². The molecule has 1 aliphatic rings. The topological polar surface area (TPSA) is 55.6 Å². The van der Waals surface area contributed by atoms with E-state index in [0.717, 1.165) is 25.4 Å². The van der Waals surface area contributed by atoms with Crippen molar-refractivity contribution in [3.63, 3.8) is 0 Å². The molecule has 2 atom stereocenters. The van der Waals surface area contributed by atoms with Crippen LogP contribution in [0.4, 0.5) is 0 Å². The molecule has 18 heavy (non-hydrogen) atoms. The van der Waals surface area contributed by atoms with Crippen molar-refractivity contribution in [2.45, 2.75) is 46.1 Å². The standard InChI is InChI=1S/C14H28N2O2/c1-5-11-6-7-16(12(8-11)9-15)10-14(2,3)13(17)18-4/h11-12H,5-10,15H2,1-4H3. The smallest absolute Gasteiger partial charge is 0.312 e. The molecule has 0 saturated carbocycles. The van der Waals surface area contributed by atoms with Gasteiger partial charge in [0.15, 0.2) is 0 Å². The van der Waals surface area contributed by atoms with Gasteiger partial charge in [0.25, 0.3) is 0 Å². The van der Waals surface area contributed by atoms with Crippen LogP contribution in [0.2, 0.25) is 0 Å². The third-order valence-corrected chi connectivity index (χ3v) is 4.13. The minimum absolute atomic E-state index is 0.143. The Morgan fingerprint density at radius 3 is 2.67 bits per heavy atom. The van der Waals surface area contributed by atoms with Crippen LogP contribution in [0.3, 0.4) is 0 Å². The molecule has 1 heterocycles. The number of carbonyl (C=O) groups excluding carboxylic acids is 1. The quantitative estimate of drug-likeness (QED) is 0.760. The first-order valence-corrected chi connectivity index (χ1v) is 6.97. The first-order valence-electron chi connectivity index (χ1n) is 6.97. The van der Waals surface area contributed by atoms with E-state index in [-0.39, 0.29) is 5.97 Å². The molecule has 2 unspecified atom stereocenters. The second-order valence-electron chi connectivity index (χ2n) is 6.03. The number of hydrogen-bond acceptors (Lipinski definition) is 4. The van der Waals surface area contributed by atoms with Gasteiger partial charge in [0.2, 0.25) is 0 Å². The normalized spacial score (nSPS) is 26.1. The predicted octanol–water partition coefficient (Wildman–Crippen LogP) is 1.63. The zero-order valence-corrected chi connectivity index (χ0v) is 12.2. The van der Waals surface area contributed by atoms with Gasteiger partial charge in [-0.1, -0.05) is 13.3 Å². The van der Waals surface area contributed by atoms with Gasteiger partial charge in [-0.15, -0.1) is 0 Å². The second kappa shape index (κ2) is 6.53. The Labute approximate surface area is 111 Å². The van der Waals surface area contributed by atoms with Crippen LogP contribution in [0.25, 0.3) is 0 Å². The molecular weight excluding hydrogens is 228 g/mol. The van der Waals surface area contributed by atoms with Crippen LogP contribution in [-0.2, 0) is 9.53 Å². The van der Waals surface area contributed by atoms with Crippen molar-refractivity contribution < 1.29 is 9.53 Å². The van der Waals surface area contributed by atoms with E-state index in [2.05, 4.69) is 11.8 Å².